The summed E-state index contributed by atoms with van der Waals surface area (Å²) in [7, 11) is 6.00. The Morgan fingerprint density at radius 2 is 1.44 bits per heavy atom. The van der Waals surface area contributed by atoms with E-state index in [4.69, 9.17) is 0 Å². The average molecular weight is 347 g/mol. The van der Waals surface area contributed by atoms with Gasteiger partial charge in [-0.3, -0.25) is 20.2 Å². The minimum atomic E-state index is -0.660. The van der Waals surface area contributed by atoms with E-state index in [1.54, 1.807) is 0 Å². The Hall–Kier alpha value is -2.80. The third kappa shape index (κ3) is 9.83. The van der Waals surface area contributed by atoms with Crippen molar-refractivity contribution in [3.05, 3.63) is 79.9 Å². The summed E-state index contributed by atoms with van der Waals surface area (Å²) in [6, 6.07) is 14.0. The van der Waals surface area contributed by atoms with Gasteiger partial charge in [0.15, 0.2) is 0 Å². The lowest BCUT2D eigenvalue weighted by atomic mass is 10.2. The van der Waals surface area contributed by atoms with Crippen LogP contribution in [0, 0.1) is 27.2 Å². The summed E-state index contributed by atoms with van der Waals surface area (Å²) >= 11 is 0. The first-order valence-corrected chi connectivity index (χ1v) is 7.73. The Labute approximate surface area is 148 Å². The third-order valence-electron chi connectivity index (χ3n) is 2.85. The maximum Gasteiger partial charge on any atom is 0.279 e. The molecule has 0 spiro atoms. The van der Waals surface area contributed by atoms with E-state index >= 15 is 0 Å². The number of nitrogens with zero attached hydrogens (tertiary/aromatic N) is 3. The van der Waals surface area contributed by atoms with Crippen LogP contribution in [0.4, 0.5) is 11.4 Å². The molecule has 25 heavy (non-hydrogen) atoms. The van der Waals surface area contributed by atoms with Crippen LogP contribution < -0.4 is 0 Å². The second kappa shape index (κ2) is 11.7. The highest BCUT2D eigenvalue weighted by atomic mass is 16.6. The molecule has 2 rings (SSSR count). The van der Waals surface area contributed by atoms with Crippen molar-refractivity contribution >= 4 is 11.4 Å². The standard InChI is InChI=1S/C8H10.C7H6N2O4.C3H9N/c1-2-8-6-4-3-5-7-8;1-5-2-3-6(8(10)11)4-7(5)9(12)13;1-4(2)3/h3-7H,2H2,1H3;2-4H,1H3;1-3H3. The van der Waals surface area contributed by atoms with Gasteiger partial charge >= 0.3 is 0 Å². The van der Waals surface area contributed by atoms with Crippen molar-refractivity contribution in [2.75, 3.05) is 21.1 Å². The molecule has 0 saturated carbocycles. The first-order valence-electron chi connectivity index (χ1n) is 7.73. The summed E-state index contributed by atoms with van der Waals surface area (Å²) in [5, 5.41) is 20.6. The molecule has 2 aromatic rings. The van der Waals surface area contributed by atoms with Crippen LogP contribution in [0.25, 0.3) is 0 Å². The van der Waals surface area contributed by atoms with Gasteiger partial charge in [-0.05, 0) is 46.1 Å². The van der Waals surface area contributed by atoms with E-state index in [0.717, 1.165) is 12.5 Å². The molecule has 0 atom stereocenters. The van der Waals surface area contributed by atoms with Gasteiger partial charge in [0.25, 0.3) is 11.4 Å². The topological polar surface area (TPSA) is 89.5 Å². The third-order valence-corrected chi connectivity index (χ3v) is 2.85. The molecule has 0 aromatic heterocycles. The number of aryl methyl sites for hydroxylation is 2. The number of non-ortho nitro benzene ring substituents is 1. The Kier molecular flexibility index (Phi) is 10.4. The van der Waals surface area contributed by atoms with Gasteiger partial charge in [0.2, 0.25) is 0 Å². The maximum absolute atomic E-state index is 10.4. The molecular formula is C18H25N3O4. The SMILES string of the molecule is CCc1ccccc1.CN(C)C.Cc1ccc([N+](=O)[O-])cc1[N+](=O)[O-]. The van der Waals surface area contributed by atoms with Gasteiger partial charge in [0, 0.05) is 11.6 Å². The number of rotatable bonds is 3. The highest BCUT2D eigenvalue weighted by molar-refractivity contribution is 5.48. The van der Waals surface area contributed by atoms with Crippen LogP contribution in [0.2, 0.25) is 0 Å². The molecule has 136 valence electrons. The van der Waals surface area contributed by atoms with Gasteiger partial charge in [-0.15, -0.1) is 0 Å². The molecule has 0 aliphatic carbocycles. The summed E-state index contributed by atoms with van der Waals surface area (Å²) < 4.78 is 0. The summed E-state index contributed by atoms with van der Waals surface area (Å²) in [5.41, 5.74) is 1.33. The fourth-order valence-corrected chi connectivity index (χ4v) is 1.62. The monoisotopic (exact) mass is 347 g/mol. The van der Waals surface area contributed by atoms with Gasteiger partial charge in [-0.25, -0.2) is 0 Å². The van der Waals surface area contributed by atoms with Crippen molar-refractivity contribution in [2.45, 2.75) is 20.3 Å². The summed E-state index contributed by atoms with van der Waals surface area (Å²) in [5.74, 6) is 0. The highest BCUT2D eigenvalue weighted by Gasteiger charge is 2.15. The molecule has 7 heteroatoms. The predicted molar refractivity (Wildman–Crippen MR) is 99.9 cm³/mol. The minimum absolute atomic E-state index is 0.228. The smallest absolute Gasteiger partial charge is 0.279 e. The minimum Gasteiger partial charge on any atom is -0.312 e. The van der Waals surface area contributed by atoms with Crippen LogP contribution in [0.15, 0.2) is 48.5 Å². The largest absolute Gasteiger partial charge is 0.312 e. The molecule has 7 nitrogen and oxygen atoms in total. The maximum atomic E-state index is 10.4. The summed E-state index contributed by atoms with van der Waals surface area (Å²) in [4.78, 5) is 21.4. The molecule has 0 amide bonds. The van der Waals surface area contributed by atoms with E-state index in [-0.39, 0.29) is 11.4 Å². The van der Waals surface area contributed by atoms with Gasteiger partial charge in [-0.2, -0.15) is 0 Å². The average Bonchev–Trinajstić information content (AvgIpc) is 2.55. The van der Waals surface area contributed by atoms with Gasteiger partial charge in [-0.1, -0.05) is 37.3 Å². The molecule has 0 unspecified atom stereocenters. The molecule has 0 N–H and O–H groups in total. The second-order valence-electron chi connectivity index (χ2n) is 5.67. The van der Waals surface area contributed by atoms with Crippen LogP contribution in [-0.4, -0.2) is 35.9 Å². The Balaban J connectivity index is 0.000000407. The Morgan fingerprint density at radius 3 is 1.80 bits per heavy atom. The van der Waals surface area contributed by atoms with Crippen molar-refractivity contribution < 1.29 is 9.85 Å². The van der Waals surface area contributed by atoms with Crippen LogP contribution in [0.3, 0.4) is 0 Å². The lowest BCUT2D eigenvalue weighted by Crippen LogP contribution is -1.99. The van der Waals surface area contributed by atoms with Crippen LogP contribution in [0.1, 0.15) is 18.1 Å². The van der Waals surface area contributed by atoms with Gasteiger partial charge in [0.05, 0.1) is 15.9 Å². The van der Waals surface area contributed by atoms with Crippen molar-refractivity contribution in [1.29, 1.82) is 0 Å². The first kappa shape index (κ1) is 22.2. The van der Waals surface area contributed by atoms with Crippen molar-refractivity contribution in [1.82, 2.24) is 4.90 Å². The zero-order valence-corrected chi connectivity index (χ0v) is 15.3. The van der Waals surface area contributed by atoms with E-state index in [1.807, 2.05) is 32.1 Å². The van der Waals surface area contributed by atoms with Crippen LogP contribution in [-0.2, 0) is 6.42 Å². The summed E-state index contributed by atoms with van der Waals surface area (Å²) in [6.07, 6.45) is 1.14. The first-order chi connectivity index (χ1) is 11.7. The van der Waals surface area contributed by atoms with Crippen molar-refractivity contribution in [3.8, 4) is 0 Å². The molecule has 0 heterocycles. The van der Waals surface area contributed by atoms with Crippen molar-refractivity contribution in [3.63, 3.8) is 0 Å². The van der Waals surface area contributed by atoms with Gasteiger partial charge < -0.3 is 4.90 Å². The van der Waals surface area contributed by atoms with E-state index in [9.17, 15) is 20.2 Å². The molecule has 2 aromatic carbocycles. The number of hydrogen-bond donors (Lipinski definition) is 0. The molecule has 0 aliphatic heterocycles. The summed E-state index contributed by atoms with van der Waals surface area (Å²) in [6.45, 7) is 3.69. The molecule has 0 saturated heterocycles. The lowest BCUT2D eigenvalue weighted by Gasteiger charge is -1.95. The Bertz CT molecular complexity index is 671. The predicted octanol–water partition coefficient (Wildman–Crippen LogP) is 4.24. The lowest BCUT2D eigenvalue weighted by molar-refractivity contribution is -0.394. The van der Waals surface area contributed by atoms with E-state index in [2.05, 4.69) is 31.2 Å². The number of hydrogen-bond acceptors (Lipinski definition) is 5. The zero-order chi connectivity index (χ0) is 19.4. The van der Waals surface area contributed by atoms with E-state index < -0.39 is 9.85 Å². The van der Waals surface area contributed by atoms with E-state index in [0.29, 0.717) is 5.56 Å². The highest BCUT2D eigenvalue weighted by Crippen LogP contribution is 2.23. The molecular weight excluding hydrogens is 322 g/mol. The van der Waals surface area contributed by atoms with Crippen molar-refractivity contribution in [2.24, 2.45) is 0 Å². The second-order valence-corrected chi connectivity index (χ2v) is 5.67. The van der Waals surface area contributed by atoms with E-state index in [1.165, 1.54) is 24.6 Å². The fraction of sp³-hybridized carbons (Fsp3) is 0.333. The molecule has 0 aliphatic rings. The zero-order valence-electron chi connectivity index (χ0n) is 15.3. The van der Waals surface area contributed by atoms with Crippen LogP contribution in [0.5, 0.6) is 0 Å². The number of nitro benzene ring substituents is 2. The molecule has 0 bridgehead atoms. The molecule has 0 radical (unpaired) electrons. The molecule has 0 fully saturated rings. The fourth-order valence-electron chi connectivity index (χ4n) is 1.62. The normalized spacial score (nSPS) is 9.36. The quantitative estimate of drug-likeness (QED) is 0.612. The number of benzene rings is 2. The Morgan fingerprint density at radius 1 is 0.920 bits per heavy atom. The number of nitro groups is 2. The van der Waals surface area contributed by atoms with Gasteiger partial charge in [0.1, 0.15) is 0 Å². The van der Waals surface area contributed by atoms with Crippen LogP contribution >= 0.6 is 0 Å².